The highest BCUT2D eigenvalue weighted by Gasteiger charge is 2.15. The summed E-state index contributed by atoms with van der Waals surface area (Å²) in [5.74, 6) is 0. The van der Waals surface area contributed by atoms with Crippen molar-refractivity contribution >= 4 is 11.8 Å². The van der Waals surface area contributed by atoms with Gasteiger partial charge in [-0.15, -0.1) is 11.8 Å². The van der Waals surface area contributed by atoms with Crippen molar-refractivity contribution in [3.8, 4) is 0 Å². The van der Waals surface area contributed by atoms with Crippen LogP contribution in [0.1, 0.15) is 18.4 Å². The van der Waals surface area contributed by atoms with E-state index >= 15 is 0 Å². The fourth-order valence-electron chi connectivity index (χ4n) is 1.96. The molecule has 0 radical (unpaired) electrons. The summed E-state index contributed by atoms with van der Waals surface area (Å²) in [6.45, 7) is 4.23. The van der Waals surface area contributed by atoms with Crippen LogP contribution in [0.25, 0.3) is 0 Å². The van der Waals surface area contributed by atoms with Crippen LogP contribution in [0.5, 0.6) is 0 Å². The Kier molecular flexibility index (Phi) is 6.64. The van der Waals surface area contributed by atoms with Gasteiger partial charge in [0.15, 0.2) is 0 Å². The first-order valence-electron chi connectivity index (χ1n) is 6.77. The second-order valence-corrected chi connectivity index (χ2v) is 5.92. The first kappa shape index (κ1) is 14.8. The van der Waals surface area contributed by atoms with Gasteiger partial charge in [-0.05, 0) is 24.5 Å². The minimum Gasteiger partial charge on any atom is -0.383 e. The van der Waals surface area contributed by atoms with Crippen LogP contribution in [-0.2, 0) is 16.0 Å². The Balaban J connectivity index is 1.74. The average Bonchev–Trinajstić information content (AvgIpc) is 2.46. The molecule has 0 saturated carbocycles. The van der Waals surface area contributed by atoms with Crippen LogP contribution in [0.15, 0.2) is 23.4 Å². The highest BCUT2D eigenvalue weighted by Crippen LogP contribution is 2.28. The first-order chi connectivity index (χ1) is 9.38. The van der Waals surface area contributed by atoms with E-state index in [4.69, 9.17) is 9.47 Å². The summed E-state index contributed by atoms with van der Waals surface area (Å²) in [6.07, 6.45) is 4.22. The van der Waals surface area contributed by atoms with Gasteiger partial charge in [-0.25, -0.2) is 4.98 Å². The van der Waals surface area contributed by atoms with Gasteiger partial charge in [0, 0.05) is 44.9 Å². The van der Waals surface area contributed by atoms with E-state index in [1.54, 1.807) is 7.11 Å². The van der Waals surface area contributed by atoms with Crippen LogP contribution in [0.2, 0.25) is 0 Å². The maximum atomic E-state index is 5.37. The molecule has 1 saturated heterocycles. The molecule has 19 heavy (non-hydrogen) atoms. The van der Waals surface area contributed by atoms with Gasteiger partial charge in [-0.3, -0.25) is 0 Å². The third kappa shape index (κ3) is 5.48. The van der Waals surface area contributed by atoms with Crippen molar-refractivity contribution < 1.29 is 9.47 Å². The number of nitrogens with zero attached hydrogens (tertiary/aromatic N) is 1. The highest BCUT2D eigenvalue weighted by atomic mass is 32.2. The molecule has 0 unspecified atom stereocenters. The first-order valence-corrected chi connectivity index (χ1v) is 7.65. The third-order valence-electron chi connectivity index (χ3n) is 3.07. The van der Waals surface area contributed by atoms with Gasteiger partial charge >= 0.3 is 0 Å². The molecule has 106 valence electrons. The molecule has 0 aliphatic carbocycles. The zero-order chi connectivity index (χ0) is 13.3. The van der Waals surface area contributed by atoms with E-state index in [9.17, 15) is 0 Å². The molecule has 0 bridgehead atoms. The monoisotopic (exact) mass is 282 g/mol. The average molecular weight is 282 g/mol. The van der Waals surface area contributed by atoms with Crippen molar-refractivity contribution in [3.63, 3.8) is 0 Å². The Labute approximate surface area is 119 Å². The Bertz CT molecular complexity index is 353. The van der Waals surface area contributed by atoms with E-state index in [1.807, 2.05) is 18.0 Å². The maximum Gasteiger partial charge on any atom is 0.0962 e. The Morgan fingerprint density at radius 3 is 2.95 bits per heavy atom. The summed E-state index contributed by atoms with van der Waals surface area (Å²) in [5, 5.41) is 5.09. The smallest absolute Gasteiger partial charge is 0.0962 e. The van der Waals surface area contributed by atoms with E-state index in [0.29, 0.717) is 5.25 Å². The van der Waals surface area contributed by atoms with Crippen LogP contribution in [0, 0.1) is 0 Å². The summed E-state index contributed by atoms with van der Waals surface area (Å²) < 4.78 is 10.4. The molecule has 4 nitrogen and oxygen atoms in total. The number of hydrogen-bond donors (Lipinski definition) is 1. The van der Waals surface area contributed by atoms with Crippen molar-refractivity contribution in [1.82, 2.24) is 10.3 Å². The number of nitrogens with one attached hydrogen (secondary N) is 1. The number of pyridine rings is 1. The lowest BCUT2D eigenvalue weighted by atomic mass is 10.2. The molecule has 1 aliphatic heterocycles. The van der Waals surface area contributed by atoms with E-state index < -0.39 is 0 Å². The number of ether oxygens (including phenoxy) is 2. The van der Waals surface area contributed by atoms with Gasteiger partial charge in [-0.1, -0.05) is 6.07 Å². The highest BCUT2D eigenvalue weighted by molar-refractivity contribution is 7.99. The van der Waals surface area contributed by atoms with Gasteiger partial charge in [0.1, 0.15) is 0 Å². The third-order valence-corrected chi connectivity index (χ3v) is 4.35. The number of methoxy groups -OCH3 is 1. The molecule has 1 aliphatic rings. The topological polar surface area (TPSA) is 43.4 Å². The van der Waals surface area contributed by atoms with E-state index in [0.717, 1.165) is 50.8 Å². The zero-order valence-electron chi connectivity index (χ0n) is 11.4. The molecule has 1 fully saturated rings. The lowest BCUT2D eigenvalue weighted by Gasteiger charge is -2.20. The predicted octanol–water partition coefficient (Wildman–Crippen LogP) is 2.09. The quantitative estimate of drug-likeness (QED) is 0.776. The fraction of sp³-hybridized carbons (Fsp3) is 0.643. The molecular formula is C14H22N2O2S. The maximum absolute atomic E-state index is 5.37. The largest absolute Gasteiger partial charge is 0.383 e. The second-order valence-electron chi connectivity index (χ2n) is 4.60. The van der Waals surface area contributed by atoms with Gasteiger partial charge in [0.2, 0.25) is 0 Å². The normalized spacial score (nSPS) is 16.7. The molecule has 5 heteroatoms. The van der Waals surface area contributed by atoms with Crippen LogP contribution in [0.3, 0.4) is 0 Å². The van der Waals surface area contributed by atoms with Crippen molar-refractivity contribution in [2.75, 3.05) is 33.5 Å². The van der Waals surface area contributed by atoms with Crippen LogP contribution < -0.4 is 5.32 Å². The molecule has 1 N–H and O–H groups in total. The standard InChI is InChI=1S/C14H22N2O2S/c1-17-9-6-15-10-12-2-3-14(16-11-12)19-13-4-7-18-8-5-13/h2-3,11,13,15H,4-10H2,1H3. The zero-order valence-corrected chi connectivity index (χ0v) is 12.2. The molecule has 0 spiro atoms. The van der Waals surface area contributed by atoms with Crippen molar-refractivity contribution in [1.29, 1.82) is 0 Å². The molecule has 2 heterocycles. The molecule has 2 rings (SSSR count). The van der Waals surface area contributed by atoms with Crippen LogP contribution in [0.4, 0.5) is 0 Å². The van der Waals surface area contributed by atoms with E-state index in [-0.39, 0.29) is 0 Å². The van der Waals surface area contributed by atoms with E-state index in [2.05, 4.69) is 22.4 Å². The molecular weight excluding hydrogens is 260 g/mol. The Morgan fingerprint density at radius 2 is 2.26 bits per heavy atom. The van der Waals surface area contributed by atoms with Gasteiger partial charge in [0.25, 0.3) is 0 Å². The minimum absolute atomic E-state index is 0.659. The Morgan fingerprint density at radius 1 is 1.42 bits per heavy atom. The van der Waals surface area contributed by atoms with Gasteiger partial charge in [-0.2, -0.15) is 0 Å². The molecule has 0 aromatic carbocycles. The molecule has 1 aromatic heterocycles. The number of thioether (sulfide) groups is 1. The van der Waals surface area contributed by atoms with Crippen molar-refractivity contribution in [3.05, 3.63) is 23.9 Å². The van der Waals surface area contributed by atoms with Gasteiger partial charge < -0.3 is 14.8 Å². The van der Waals surface area contributed by atoms with Crippen molar-refractivity contribution in [2.24, 2.45) is 0 Å². The number of hydrogen-bond acceptors (Lipinski definition) is 5. The number of rotatable bonds is 7. The minimum atomic E-state index is 0.659. The Hall–Kier alpha value is -0.620. The predicted molar refractivity (Wildman–Crippen MR) is 77.5 cm³/mol. The lowest BCUT2D eigenvalue weighted by Crippen LogP contribution is -2.18. The van der Waals surface area contributed by atoms with Crippen molar-refractivity contribution in [2.45, 2.75) is 29.7 Å². The summed E-state index contributed by atoms with van der Waals surface area (Å²) in [4.78, 5) is 4.52. The summed E-state index contributed by atoms with van der Waals surface area (Å²) in [6, 6.07) is 4.27. The number of aromatic nitrogens is 1. The molecule has 0 atom stereocenters. The summed E-state index contributed by atoms with van der Waals surface area (Å²) >= 11 is 1.87. The van der Waals surface area contributed by atoms with Crippen LogP contribution >= 0.6 is 11.8 Å². The summed E-state index contributed by atoms with van der Waals surface area (Å²) in [5.41, 5.74) is 1.22. The van der Waals surface area contributed by atoms with Crippen LogP contribution in [-0.4, -0.2) is 43.7 Å². The van der Waals surface area contributed by atoms with Gasteiger partial charge in [0.05, 0.1) is 11.6 Å². The fourth-order valence-corrected chi connectivity index (χ4v) is 2.99. The second kappa shape index (κ2) is 8.53. The summed E-state index contributed by atoms with van der Waals surface area (Å²) in [7, 11) is 1.71. The van der Waals surface area contributed by atoms with E-state index in [1.165, 1.54) is 5.56 Å². The SMILES string of the molecule is COCCNCc1ccc(SC2CCOCC2)nc1. The lowest BCUT2D eigenvalue weighted by molar-refractivity contribution is 0.1000. The molecule has 0 amide bonds. The molecule has 1 aromatic rings.